The van der Waals surface area contributed by atoms with Gasteiger partial charge in [-0.2, -0.15) is 12.6 Å². The number of rotatable bonds is 8. The van der Waals surface area contributed by atoms with Gasteiger partial charge in [0.25, 0.3) is 0 Å². The van der Waals surface area contributed by atoms with Gasteiger partial charge in [-0.15, -0.1) is 0 Å². The number of carbonyl (C=O) groups excluding carboxylic acids is 4. The first kappa shape index (κ1) is 43.4. The van der Waals surface area contributed by atoms with Crippen LogP contribution in [0.15, 0.2) is 35.9 Å². The summed E-state index contributed by atoms with van der Waals surface area (Å²) in [5.74, 6) is -1.38. The number of benzene rings is 1. The highest BCUT2D eigenvalue weighted by Gasteiger charge is 2.61. The van der Waals surface area contributed by atoms with Crippen LogP contribution in [0.4, 0.5) is 10.5 Å². The molecule has 2 unspecified atom stereocenters. The third-order valence-electron chi connectivity index (χ3n) is 10.7. The Labute approximate surface area is 329 Å². The van der Waals surface area contributed by atoms with E-state index in [0.717, 1.165) is 11.1 Å². The van der Waals surface area contributed by atoms with E-state index in [4.69, 9.17) is 35.3 Å². The fourth-order valence-corrected chi connectivity index (χ4v) is 7.34. The van der Waals surface area contributed by atoms with Gasteiger partial charge >= 0.3 is 12.1 Å². The van der Waals surface area contributed by atoms with Crippen LogP contribution >= 0.6 is 24.2 Å². The normalized spacial score (nSPS) is 31.4. The molecule has 0 saturated carbocycles. The number of hydrogen-bond donors (Lipinski definition) is 3. The summed E-state index contributed by atoms with van der Waals surface area (Å²) in [7, 11) is 6.06. The minimum atomic E-state index is -1.79. The van der Waals surface area contributed by atoms with Crippen LogP contribution in [0.25, 0.3) is 0 Å². The maximum atomic E-state index is 14.1. The van der Waals surface area contributed by atoms with E-state index >= 15 is 0 Å². The first-order valence-electron chi connectivity index (χ1n) is 18.2. The monoisotopic (exact) mass is 793 g/mol. The molecule has 13 nitrogen and oxygen atoms in total. The highest BCUT2D eigenvalue weighted by atomic mass is 35.5. The molecule has 300 valence electrons. The van der Waals surface area contributed by atoms with Crippen LogP contribution in [0.2, 0.25) is 5.02 Å². The number of thiol groups is 1. The molecule has 54 heavy (non-hydrogen) atoms. The Kier molecular flexibility index (Phi) is 13.9. The smallest absolute Gasteiger partial charge is 0.409 e. The molecule has 0 aromatic heterocycles. The quantitative estimate of drug-likeness (QED) is 0.177. The van der Waals surface area contributed by atoms with Crippen LogP contribution in [0.3, 0.4) is 0 Å². The molecule has 4 bridgehead atoms. The van der Waals surface area contributed by atoms with E-state index in [9.17, 15) is 24.3 Å². The minimum Gasteiger partial charge on any atom is -0.495 e. The summed E-state index contributed by atoms with van der Waals surface area (Å²) in [6, 6.07) is 2.62. The molecule has 1 aromatic rings. The SMILES string of the molecule is COc1cc2cc(c1Cl)N(C)C(=O)C[C@H](OC(=O)[C@H](C)N(C)C(=O)CCC(C)(C)S)[C@]1(C)O[C@H]1CC1OC(=O)N[C@](O)(CC1C)[C@H](OC)/C=C/C=C(\C)C2. The highest BCUT2D eigenvalue weighted by Crippen LogP contribution is 2.47. The van der Waals surface area contributed by atoms with Crippen LogP contribution < -0.4 is 15.0 Å². The Balaban J connectivity index is 1.73. The van der Waals surface area contributed by atoms with E-state index in [1.54, 1.807) is 45.2 Å². The summed E-state index contributed by atoms with van der Waals surface area (Å²) in [6.07, 6.45) is 2.27. The second-order valence-corrected chi connectivity index (χ2v) is 17.2. The van der Waals surface area contributed by atoms with E-state index in [2.05, 4.69) is 17.9 Å². The van der Waals surface area contributed by atoms with E-state index in [-0.39, 0.29) is 47.3 Å². The van der Waals surface area contributed by atoms with Crippen LogP contribution in [0.1, 0.15) is 79.2 Å². The Morgan fingerprint density at radius 1 is 1.26 bits per heavy atom. The maximum absolute atomic E-state index is 14.1. The van der Waals surface area contributed by atoms with Crippen LogP contribution in [-0.4, -0.2) is 109 Å². The van der Waals surface area contributed by atoms with Gasteiger partial charge < -0.3 is 38.6 Å². The van der Waals surface area contributed by atoms with Gasteiger partial charge in [-0.1, -0.05) is 56.2 Å². The number of anilines is 1. The van der Waals surface area contributed by atoms with Crippen molar-refractivity contribution in [1.82, 2.24) is 10.2 Å². The number of aliphatic hydroxyl groups is 1. The predicted octanol–water partition coefficient (Wildman–Crippen LogP) is 5.39. The van der Waals surface area contributed by atoms with Crippen molar-refractivity contribution in [2.24, 2.45) is 5.92 Å². The molecule has 3 aliphatic heterocycles. The number of amides is 3. The molecule has 15 heteroatoms. The average molecular weight is 794 g/mol. The summed E-state index contributed by atoms with van der Waals surface area (Å²) in [5.41, 5.74) is -0.831. The lowest BCUT2D eigenvalue weighted by molar-refractivity contribution is -0.162. The zero-order chi connectivity index (χ0) is 40.3. The van der Waals surface area contributed by atoms with Crippen LogP contribution in [0, 0.1) is 5.92 Å². The van der Waals surface area contributed by atoms with Gasteiger partial charge in [0.1, 0.15) is 40.7 Å². The Morgan fingerprint density at radius 3 is 2.57 bits per heavy atom. The number of nitrogens with one attached hydrogen (secondary N) is 1. The topological polar surface area (TPSA) is 156 Å². The van der Waals surface area contributed by atoms with Crippen molar-refractivity contribution in [3.05, 3.63) is 46.5 Å². The number of allylic oxidation sites excluding steroid dienone is 3. The second-order valence-electron chi connectivity index (χ2n) is 15.6. The zero-order valence-electron chi connectivity index (χ0n) is 32.9. The molecule has 0 spiro atoms. The van der Waals surface area contributed by atoms with E-state index < -0.39 is 59.8 Å². The van der Waals surface area contributed by atoms with Gasteiger partial charge in [-0.05, 0) is 57.2 Å². The molecule has 2 saturated heterocycles. The molecule has 1 aromatic carbocycles. The van der Waals surface area contributed by atoms with E-state index in [1.165, 1.54) is 31.1 Å². The van der Waals surface area contributed by atoms with Gasteiger partial charge in [0.05, 0.1) is 25.3 Å². The van der Waals surface area contributed by atoms with Gasteiger partial charge in [-0.3, -0.25) is 14.9 Å². The van der Waals surface area contributed by atoms with Gasteiger partial charge in [0, 0.05) is 45.2 Å². The maximum Gasteiger partial charge on any atom is 0.409 e. The Morgan fingerprint density at radius 2 is 1.94 bits per heavy atom. The van der Waals surface area contributed by atoms with E-state index in [1.807, 2.05) is 33.8 Å². The number of ether oxygens (including phenoxy) is 5. The lowest BCUT2D eigenvalue weighted by Gasteiger charge is -2.33. The van der Waals surface area contributed by atoms with Crippen molar-refractivity contribution in [3.8, 4) is 5.75 Å². The zero-order valence-corrected chi connectivity index (χ0v) is 34.6. The van der Waals surface area contributed by atoms with Crippen molar-refractivity contribution in [3.63, 3.8) is 0 Å². The molecular formula is C39H56ClN3O10S. The summed E-state index contributed by atoms with van der Waals surface area (Å²) in [6.45, 7) is 10.9. The molecule has 8 atom stereocenters. The fourth-order valence-electron chi connectivity index (χ4n) is 6.91. The van der Waals surface area contributed by atoms with Crippen molar-refractivity contribution >= 4 is 53.8 Å². The van der Waals surface area contributed by atoms with Gasteiger partial charge in [0.2, 0.25) is 11.8 Å². The van der Waals surface area contributed by atoms with Crippen molar-refractivity contribution in [1.29, 1.82) is 0 Å². The molecule has 0 aliphatic carbocycles. The number of epoxide rings is 1. The third-order valence-corrected chi connectivity index (χ3v) is 11.3. The van der Waals surface area contributed by atoms with Crippen molar-refractivity contribution in [2.75, 3.05) is 33.2 Å². The van der Waals surface area contributed by atoms with Crippen LogP contribution in [-0.2, 0) is 39.8 Å². The number of methoxy groups -OCH3 is 2. The molecule has 3 aliphatic rings. The van der Waals surface area contributed by atoms with Crippen molar-refractivity contribution in [2.45, 2.75) is 127 Å². The molecular weight excluding hydrogens is 738 g/mol. The number of fused-ring (bicyclic) bond motifs is 6. The number of likely N-dealkylation sites (N-methyl/N-ethyl adjacent to an activating group) is 1. The molecule has 2 N–H and O–H groups in total. The number of nitrogens with zero attached hydrogens (tertiary/aromatic N) is 2. The van der Waals surface area contributed by atoms with Gasteiger partial charge in [-0.25, -0.2) is 9.59 Å². The largest absolute Gasteiger partial charge is 0.495 e. The first-order chi connectivity index (χ1) is 25.1. The lowest BCUT2D eigenvalue weighted by Crippen LogP contribution is -2.56. The van der Waals surface area contributed by atoms with Crippen LogP contribution in [0.5, 0.6) is 5.75 Å². The third kappa shape index (κ3) is 10.3. The first-order valence-corrected chi connectivity index (χ1v) is 19.0. The Bertz CT molecular complexity index is 1650. The summed E-state index contributed by atoms with van der Waals surface area (Å²) < 4.78 is 29.0. The number of carbonyl (C=O) groups is 4. The van der Waals surface area contributed by atoms with Crippen molar-refractivity contribution < 1.29 is 48.0 Å². The number of halogens is 1. The summed E-state index contributed by atoms with van der Waals surface area (Å²) in [4.78, 5) is 56.7. The molecule has 2 fully saturated rings. The minimum absolute atomic E-state index is 0.0930. The predicted molar refractivity (Wildman–Crippen MR) is 208 cm³/mol. The molecule has 3 heterocycles. The van der Waals surface area contributed by atoms with E-state index in [0.29, 0.717) is 24.3 Å². The number of hydrogen-bond acceptors (Lipinski definition) is 11. The van der Waals surface area contributed by atoms with Gasteiger partial charge in [0.15, 0.2) is 5.72 Å². The average Bonchev–Trinajstić information content (AvgIpc) is 3.78. The molecule has 4 rings (SSSR count). The molecule has 0 radical (unpaired) electrons. The Hall–Kier alpha value is -3.30. The lowest BCUT2D eigenvalue weighted by atomic mass is 9.86. The fraction of sp³-hybridized carbons (Fsp3) is 0.641. The second kappa shape index (κ2) is 17.2. The number of alkyl carbamates (subject to hydrolysis) is 1. The summed E-state index contributed by atoms with van der Waals surface area (Å²) in [5, 5.41) is 14.5. The number of esters is 1. The highest BCUT2D eigenvalue weighted by molar-refractivity contribution is 7.81. The standard InChI is InChI=1S/C39H56ClN3O10S/c1-22-12-11-13-29(50-10)39(48)21-23(2)27(51-36(47)41-39)19-31-38(6,53-31)30(52-35(46)24(3)42(7)32(44)14-15-37(4,5)54)20-33(45)43(8)26-17-25(16-22)18-28(49-9)34(26)40/h11-13,17-18,23-24,27,29-31,48,54H,14-16,19-21H2,1-10H3,(H,41,47)/b13-11+,22-12+/t23?,24-,27?,29+,30-,31-,38-,39-/m0/s1. The summed E-state index contributed by atoms with van der Waals surface area (Å²) >= 11 is 11.3. The molecule has 3 amide bonds.